The summed E-state index contributed by atoms with van der Waals surface area (Å²) in [6, 6.07) is 23.6. The maximum Gasteiger partial charge on any atom is 0.253 e. The minimum atomic E-state index is 0.0460. The Hall–Kier alpha value is -3.09. The number of hydrogen-bond acceptors (Lipinski definition) is 4. The molecule has 0 aliphatic heterocycles. The highest BCUT2D eigenvalue weighted by molar-refractivity contribution is 7.98. The molecule has 0 aliphatic carbocycles. The van der Waals surface area contributed by atoms with Crippen LogP contribution in [0.3, 0.4) is 0 Å². The van der Waals surface area contributed by atoms with Crippen LogP contribution in [-0.4, -0.2) is 39.2 Å². The highest BCUT2D eigenvalue weighted by Crippen LogP contribution is 2.33. The van der Waals surface area contributed by atoms with Crippen LogP contribution in [-0.2, 0) is 5.75 Å². The van der Waals surface area contributed by atoms with Gasteiger partial charge < -0.3 is 4.90 Å². The normalized spacial score (nSPS) is 10.9. The molecule has 4 rings (SSSR count). The van der Waals surface area contributed by atoms with Gasteiger partial charge in [-0.1, -0.05) is 72.8 Å². The SMILES string of the molecule is CCCN(C)C(=O)c1ccc(CSc2nnc(-c3ccccc3Cl)n2-c2ccccc2C)cc1. The summed E-state index contributed by atoms with van der Waals surface area (Å²) in [7, 11) is 1.84. The molecule has 0 atom stereocenters. The fraction of sp³-hybridized carbons (Fsp3) is 0.222. The van der Waals surface area contributed by atoms with Crippen molar-refractivity contribution in [2.75, 3.05) is 13.6 Å². The summed E-state index contributed by atoms with van der Waals surface area (Å²) in [4.78, 5) is 14.3. The van der Waals surface area contributed by atoms with Gasteiger partial charge in [0.25, 0.3) is 5.91 Å². The summed E-state index contributed by atoms with van der Waals surface area (Å²) in [5.74, 6) is 1.46. The van der Waals surface area contributed by atoms with E-state index in [1.807, 2.05) is 67.7 Å². The Bertz CT molecular complexity index is 1290. The van der Waals surface area contributed by atoms with Crippen LogP contribution < -0.4 is 0 Å². The number of amides is 1. The molecule has 0 fully saturated rings. The number of aromatic nitrogens is 3. The number of benzene rings is 3. The number of carbonyl (C=O) groups is 1. The smallest absolute Gasteiger partial charge is 0.253 e. The van der Waals surface area contributed by atoms with E-state index in [0.29, 0.717) is 22.2 Å². The van der Waals surface area contributed by atoms with Gasteiger partial charge in [0.1, 0.15) is 0 Å². The fourth-order valence-electron chi connectivity index (χ4n) is 3.76. The number of aryl methyl sites for hydroxylation is 1. The molecule has 174 valence electrons. The van der Waals surface area contributed by atoms with E-state index in [1.54, 1.807) is 16.7 Å². The first-order valence-corrected chi connectivity index (χ1v) is 12.6. The molecule has 34 heavy (non-hydrogen) atoms. The Balaban J connectivity index is 1.61. The van der Waals surface area contributed by atoms with Gasteiger partial charge in [-0.3, -0.25) is 9.36 Å². The molecule has 0 bridgehead atoms. The van der Waals surface area contributed by atoms with E-state index in [9.17, 15) is 4.79 Å². The standard InChI is InChI=1S/C27H27ClN4OS/c1-4-17-31(3)26(33)21-15-13-20(14-16-21)18-34-27-30-29-25(22-10-6-7-11-23(22)28)32(27)24-12-8-5-9-19(24)2/h5-16H,4,17-18H2,1-3H3. The number of thioether (sulfide) groups is 1. The lowest BCUT2D eigenvalue weighted by Gasteiger charge is -2.16. The van der Waals surface area contributed by atoms with Crippen molar-refractivity contribution in [2.24, 2.45) is 0 Å². The van der Waals surface area contributed by atoms with Gasteiger partial charge in [-0.05, 0) is 54.8 Å². The second-order valence-corrected chi connectivity index (χ2v) is 9.47. The molecular weight excluding hydrogens is 464 g/mol. The van der Waals surface area contributed by atoms with Crippen molar-refractivity contribution in [2.45, 2.75) is 31.2 Å². The Morgan fingerprint density at radius 2 is 1.71 bits per heavy atom. The third-order valence-corrected chi connectivity index (χ3v) is 6.91. The molecule has 0 N–H and O–H groups in total. The van der Waals surface area contributed by atoms with Gasteiger partial charge in [0, 0.05) is 30.5 Å². The molecule has 0 radical (unpaired) electrons. The first-order valence-electron chi connectivity index (χ1n) is 11.2. The number of nitrogens with zero attached hydrogens (tertiary/aromatic N) is 4. The molecule has 0 aliphatic rings. The molecule has 1 aromatic heterocycles. The van der Waals surface area contributed by atoms with Crippen LogP contribution in [0.25, 0.3) is 17.1 Å². The van der Waals surface area contributed by atoms with E-state index in [-0.39, 0.29) is 5.91 Å². The summed E-state index contributed by atoms with van der Waals surface area (Å²) in [6.07, 6.45) is 0.939. The zero-order chi connectivity index (χ0) is 24.1. The molecule has 1 heterocycles. The highest BCUT2D eigenvalue weighted by Gasteiger charge is 2.19. The number of rotatable bonds is 8. The molecule has 7 heteroatoms. The average Bonchev–Trinajstić information content (AvgIpc) is 3.26. The van der Waals surface area contributed by atoms with Crippen LogP contribution in [0.4, 0.5) is 0 Å². The van der Waals surface area contributed by atoms with Gasteiger partial charge >= 0.3 is 0 Å². The number of carbonyl (C=O) groups excluding carboxylic acids is 1. The topological polar surface area (TPSA) is 51.0 Å². The molecule has 3 aromatic carbocycles. The maximum absolute atomic E-state index is 12.5. The Morgan fingerprint density at radius 1 is 1.00 bits per heavy atom. The fourth-order valence-corrected chi connectivity index (χ4v) is 4.88. The van der Waals surface area contributed by atoms with E-state index < -0.39 is 0 Å². The van der Waals surface area contributed by atoms with Crippen LogP contribution in [0, 0.1) is 6.92 Å². The summed E-state index contributed by atoms with van der Waals surface area (Å²) in [5, 5.41) is 10.4. The van der Waals surface area contributed by atoms with E-state index >= 15 is 0 Å². The average molecular weight is 491 g/mol. The minimum Gasteiger partial charge on any atom is -0.342 e. The van der Waals surface area contributed by atoms with Crippen molar-refractivity contribution < 1.29 is 4.79 Å². The van der Waals surface area contributed by atoms with Crippen molar-refractivity contribution in [1.29, 1.82) is 0 Å². The van der Waals surface area contributed by atoms with Crippen LogP contribution in [0.5, 0.6) is 0 Å². The first-order chi connectivity index (χ1) is 16.5. The Labute approximate surface area is 209 Å². The molecule has 0 unspecified atom stereocenters. The van der Waals surface area contributed by atoms with Crippen LogP contribution in [0.1, 0.15) is 34.8 Å². The number of halogens is 1. The highest BCUT2D eigenvalue weighted by atomic mass is 35.5. The van der Waals surface area contributed by atoms with Crippen molar-refractivity contribution in [3.63, 3.8) is 0 Å². The van der Waals surface area contributed by atoms with Gasteiger partial charge in [-0.15, -0.1) is 10.2 Å². The van der Waals surface area contributed by atoms with Gasteiger partial charge in [0.15, 0.2) is 11.0 Å². The first kappa shape index (κ1) is 24.0. The van der Waals surface area contributed by atoms with Crippen molar-refractivity contribution in [1.82, 2.24) is 19.7 Å². The molecule has 4 aromatic rings. The van der Waals surface area contributed by atoms with Gasteiger partial charge in [-0.2, -0.15) is 0 Å². The summed E-state index contributed by atoms with van der Waals surface area (Å²) >= 11 is 8.11. The summed E-state index contributed by atoms with van der Waals surface area (Å²) < 4.78 is 2.07. The lowest BCUT2D eigenvalue weighted by molar-refractivity contribution is 0.0795. The molecule has 0 saturated heterocycles. The van der Waals surface area contributed by atoms with Crippen LogP contribution >= 0.6 is 23.4 Å². The number of hydrogen-bond donors (Lipinski definition) is 0. The lowest BCUT2D eigenvalue weighted by Crippen LogP contribution is -2.27. The van der Waals surface area contributed by atoms with Crippen molar-refractivity contribution >= 4 is 29.3 Å². The van der Waals surface area contributed by atoms with Gasteiger partial charge in [-0.25, -0.2) is 0 Å². The maximum atomic E-state index is 12.5. The molecule has 0 spiro atoms. The van der Waals surface area contributed by atoms with Crippen molar-refractivity contribution in [3.8, 4) is 17.1 Å². The van der Waals surface area contributed by atoms with Crippen molar-refractivity contribution in [3.05, 3.63) is 94.5 Å². The zero-order valence-corrected chi connectivity index (χ0v) is 21.1. The second kappa shape index (κ2) is 10.9. The van der Waals surface area contributed by atoms with E-state index in [0.717, 1.165) is 40.5 Å². The zero-order valence-electron chi connectivity index (χ0n) is 19.5. The van der Waals surface area contributed by atoms with E-state index in [1.165, 1.54) is 0 Å². The van der Waals surface area contributed by atoms with Crippen LogP contribution in [0.15, 0.2) is 78.0 Å². The van der Waals surface area contributed by atoms with Crippen LogP contribution in [0.2, 0.25) is 5.02 Å². The minimum absolute atomic E-state index is 0.0460. The number of para-hydroxylation sites is 1. The molecular formula is C27H27ClN4OS. The largest absolute Gasteiger partial charge is 0.342 e. The third-order valence-electron chi connectivity index (χ3n) is 5.58. The predicted molar refractivity (Wildman–Crippen MR) is 140 cm³/mol. The quantitative estimate of drug-likeness (QED) is 0.259. The molecule has 5 nitrogen and oxygen atoms in total. The third kappa shape index (κ3) is 5.18. The molecule has 1 amide bonds. The Morgan fingerprint density at radius 3 is 2.41 bits per heavy atom. The lowest BCUT2D eigenvalue weighted by atomic mass is 10.1. The van der Waals surface area contributed by atoms with Gasteiger partial charge in [0.05, 0.1) is 10.7 Å². The van der Waals surface area contributed by atoms with E-state index in [4.69, 9.17) is 11.6 Å². The Kier molecular flexibility index (Phi) is 7.70. The van der Waals surface area contributed by atoms with E-state index in [2.05, 4.69) is 40.7 Å². The molecule has 0 saturated carbocycles. The second-order valence-electron chi connectivity index (χ2n) is 8.12. The van der Waals surface area contributed by atoms with Gasteiger partial charge in [0.2, 0.25) is 0 Å². The predicted octanol–water partition coefficient (Wildman–Crippen LogP) is 6.67. The summed E-state index contributed by atoms with van der Waals surface area (Å²) in [5.41, 5.74) is 4.79. The monoisotopic (exact) mass is 490 g/mol. The summed E-state index contributed by atoms with van der Waals surface area (Å²) in [6.45, 7) is 4.89.